The summed E-state index contributed by atoms with van der Waals surface area (Å²) in [5.41, 5.74) is 1.32. The van der Waals surface area contributed by atoms with E-state index in [2.05, 4.69) is 42.8 Å². The van der Waals surface area contributed by atoms with E-state index in [1.54, 1.807) is 5.41 Å². The smallest absolute Gasteiger partial charge is 0.330 e. The van der Waals surface area contributed by atoms with Crippen LogP contribution in [0.1, 0.15) is 25.3 Å². The van der Waals surface area contributed by atoms with Crippen molar-refractivity contribution >= 4 is 17.7 Å². The molecule has 2 nitrogen and oxygen atoms in total. The Kier molecular flexibility index (Phi) is 5.12. The molecule has 1 aromatic rings. The van der Waals surface area contributed by atoms with Crippen molar-refractivity contribution in [2.45, 2.75) is 24.7 Å². The SMILES string of the molecule is COC(=O)C=CSc1ccc(C(C)C)cc1. The fourth-order valence-electron chi connectivity index (χ4n) is 1.17. The molecule has 0 fully saturated rings. The molecule has 1 aromatic carbocycles. The van der Waals surface area contributed by atoms with Crippen LogP contribution in [-0.4, -0.2) is 13.1 Å². The van der Waals surface area contributed by atoms with E-state index in [0.717, 1.165) is 4.90 Å². The molecule has 0 radical (unpaired) electrons. The lowest BCUT2D eigenvalue weighted by molar-refractivity contribution is -0.134. The molecular formula is C13H16O2S. The van der Waals surface area contributed by atoms with Gasteiger partial charge in [-0.1, -0.05) is 37.7 Å². The molecule has 0 N–H and O–H groups in total. The summed E-state index contributed by atoms with van der Waals surface area (Å²) in [4.78, 5) is 11.9. The molecule has 0 aliphatic carbocycles. The molecule has 0 aliphatic rings. The van der Waals surface area contributed by atoms with Crippen LogP contribution in [0.5, 0.6) is 0 Å². The van der Waals surface area contributed by atoms with Crippen molar-refractivity contribution in [2.24, 2.45) is 0 Å². The van der Waals surface area contributed by atoms with E-state index in [1.165, 1.54) is 30.5 Å². The Morgan fingerprint density at radius 1 is 1.31 bits per heavy atom. The fourth-order valence-corrected chi connectivity index (χ4v) is 1.80. The van der Waals surface area contributed by atoms with Crippen LogP contribution in [-0.2, 0) is 9.53 Å². The Morgan fingerprint density at radius 2 is 1.94 bits per heavy atom. The van der Waals surface area contributed by atoms with Gasteiger partial charge in [-0.25, -0.2) is 4.79 Å². The Bertz CT molecular complexity index is 366. The topological polar surface area (TPSA) is 26.3 Å². The van der Waals surface area contributed by atoms with Crippen LogP contribution in [0, 0.1) is 0 Å². The van der Waals surface area contributed by atoms with Gasteiger partial charge in [0.1, 0.15) is 0 Å². The first-order chi connectivity index (χ1) is 7.63. The second-order valence-corrected chi connectivity index (χ2v) is 4.65. The monoisotopic (exact) mass is 236 g/mol. The molecule has 0 aromatic heterocycles. The summed E-state index contributed by atoms with van der Waals surface area (Å²) in [5.74, 6) is 0.218. The summed E-state index contributed by atoms with van der Waals surface area (Å²) in [6.07, 6.45) is 1.42. The van der Waals surface area contributed by atoms with Crippen molar-refractivity contribution in [3.05, 3.63) is 41.3 Å². The van der Waals surface area contributed by atoms with E-state index in [4.69, 9.17) is 0 Å². The number of carbonyl (C=O) groups is 1. The van der Waals surface area contributed by atoms with E-state index in [0.29, 0.717) is 5.92 Å². The molecule has 0 saturated carbocycles. The van der Waals surface area contributed by atoms with E-state index < -0.39 is 0 Å². The maximum atomic E-state index is 10.8. The van der Waals surface area contributed by atoms with Gasteiger partial charge in [0.05, 0.1) is 7.11 Å². The largest absolute Gasteiger partial charge is 0.466 e. The van der Waals surface area contributed by atoms with Gasteiger partial charge >= 0.3 is 5.97 Å². The maximum absolute atomic E-state index is 10.8. The Morgan fingerprint density at radius 3 is 2.44 bits per heavy atom. The lowest BCUT2D eigenvalue weighted by atomic mass is 10.0. The van der Waals surface area contributed by atoms with Gasteiger partial charge in [-0.2, -0.15) is 0 Å². The predicted molar refractivity (Wildman–Crippen MR) is 67.5 cm³/mol. The fraction of sp³-hybridized carbons (Fsp3) is 0.308. The van der Waals surface area contributed by atoms with Crippen LogP contribution >= 0.6 is 11.8 Å². The van der Waals surface area contributed by atoms with E-state index in [-0.39, 0.29) is 5.97 Å². The third kappa shape index (κ3) is 4.11. The molecule has 0 bridgehead atoms. The minimum absolute atomic E-state index is 0.327. The minimum atomic E-state index is -0.327. The number of hydrogen-bond donors (Lipinski definition) is 0. The summed E-state index contributed by atoms with van der Waals surface area (Å²) in [6, 6.07) is 8.33. The first kappa shape index (κ1) is 12.8. The van der Waals surface area contributed by atoms with Crippen LogP contribution in [0.15, 0.2) is 40.6 Å². The summed E-state index contributed by atoms with van der Waals surface area (Å²) in [5, 5.41) is 1.73. The highest BCUT2D eigenvalue weighted by Crippen LogP contribution is 2.22. The Hall–Kier alpha value is -1.22. The first-order valence-corrected chi connectivity index (χ1v) is 6.02. The molecule has 0 heterocycles. The Balaban J connectivity index is 2.56. The minimum Gasteiger partial charge on any atom is -0.466 e. The van der Waals surface area contributed by atoms with Crippen LogP contribution in [0.25, 0.3) is 0 Å². The average Bonchev–Trinajstić information content (AvgIpc) is 2.29. The summed E-state index contributed by atoms with van der Waals surface area (Å²) in [7, 11) is 1.37. The lowest BCUT2D eigenvalue weighted by Crippen LogP contribution is -1.92. The third-order valence-electron chi connectivity index (χ3n) is 2.16. The number of benzene rings is 1. The highest BCUT2D eigenvalue weighted by molar-refractivity contribution is 8.02. The number of hydrogen-bond acceptors (Lipinski definition) is 3. The number of esters is 1. The zero-order valence-corrected chi connectivity index (χ0v) is 10.6. The van der Waals surface area contributed by atoms with Gasteiger partial charge in [0.2, 0.25) is 0 Å². The molecule has 0 spiro atoms. The molecule has 3 heteroatoms. The van der Waals surface area contributed by atoms with Crippen molar-refractivity contribution in [2.75, 3.05) is 7.11 Å². The zero-order valence-electron chi connectivity index (χ0n) is 9.77. The zero-order chi connectivity index (χ0) is 12.0. The van der Waals surface area contributed by atoms with Crippen LogP contribution in [0.2, 0.25) is 0 Å². The van der Waals surface area contributed by atoms with Crippen molar-refractivity contribution in [3.8, 4) is 0 Å². The molecule has 1 rings (SSSR count). The molecule has 0 saturated heterocycles. The second kappa shape index (κ2) is 6.38. The van der Waals surface area contributed by atoms with Gasteiger partial charge < -0.3 is 4.74 Å². The number of rotatable bonds is 4. The van der Waals surface area contributed by atoms with E-state index in [1.807, 2.05) is 0 Å². The van der Waals surface area contributed by atoms with Gasteiger partial charge in [-0.05, 0) is 29.0 Å². The molecular weight excluding hydrogens is 220 g/mol. The van der Waals surface area contributed by atoms with Crippen LogP contribution in [0.4, 0.5) is 0 Å². The van der Waals surface area contributed by atoms with E-state index >= 15 is 0 Å². The van der Waals surface area contributed by atoms with Gasteiger partial charge in [0, 0.05) is 11.0 Å². The van der Waals surface area contributed by atoms with Crippen molar-refractivity contribution in [1.82, 2.24) is 0 Å². The third-order valence-corrected chi connectivity index (χ3v) is 2.97. The number of ether oxygens (including phenoxy) is 1. The highest BCUT2D eigenvalue weighted by Gasteiger charge is 1.98. The van der Waals surface area contributed by atoms with Gasteiger partial charge in [0.15, 0.2) is 0 Å². The van der Waals surface area contributed by atoms with Gasteiger partial charge in [0.25, 0.3) is 0 Å². The van der Waals surface area contributed by atoms with Crippen LogP contribution in [0.3, 0.4) is 0 Å². The van der Waals surface area contributed by atoms with Crippen LogP contribution < -0.4 is 0 Å². The number of methoxy groups -OCH3 is 1. The summed E-state index contributed by atoms with van der Waals surface area (Å²) < 4.78 is 4.50. The molecule has 0 amide bonds. The van der Waals surface area contributed by atoms with Crippen molar-refractivity contribution < 1.29 is 9.53 Å². The van der Waals surface area contributed by atoms with Crippen molar-refractivity contribution in [3.63, 3.8) is 0 Å². The first-order valence-electron chi connectivity index (χ1n) is 5.14. The standard InChI is InChI=1S/C13H16O2S/c1-10(2)11-4-6-12(7-5-11)16-9-8-13(14)15-3/h4-10H,1-3H3. The summed E-state index contributed by atoms with van der Waals surface area (Å²) >= 11 is 1.50. The molecule has 0 atom stereocenters. The lowest BCUT2D eigenvalue weighted by Gasteiger charge is -2.05. The number of thioether (sulfide) groups is 1. The average molecular weight is 236 g/mol. The highest BCUT2D eigenvalue weighted by atomic mass is 32.2. The van der Waals surface area contributed by atoms with Gasteiger partial charge in [-0.15, -0.1) is 0 Å². The quantitative estimate of drug-likeness (QED) is 0.454. The Labute approximate surface area is 101 Å². The van der Waals surface area contributed by atoms with E-state index in [9.17, 15) is 4.79 Å². The number of carbonyl (C=O) groups excluding carboxylic acids is 1. The molecule has 0 unspecified atom stereocenters. The van der Waals surface area contributed by atoms with Crippen molar-refractivity contribution in [1.29, 1.82) is 0 Å². The molecule has 16 heavy (non-hydrogen) atoms. The molecule has 86 valence electrons. The maximum Gasteiger partial charge on any atom is 0.330 e. The second-order valence-electron chi connectivity index (χ2n) is 3.67. The summed E-state index contributed by atoms with van der Waals surface area (Å²) in [6.45, 7) is 4.33. The van der Waals surface area contributed by atoms with Gasteiger partial charge in [-0.3, -0.25) is 0 Å². The normalized spacial score (nSPS) is 11.0. The predicted octanol–water partition coefficient (Wildman–Crippen LogP) is 3.59. The molecule has 0 aliphatic heterocycles.